The van der Waals surface area contributed by atoms with Crippen molar-refractivity contribution in [3.8, 4) is 5.75 Å². The molecule has 1 heterocycles. The van der Waals surface area contributed by atoms with Gasteiger partial charge >= 0.3 is 0 Å². The number of halogens is 2. The van der Waals surface area contributed by atoms with Crippen molar-refractivity contribution in [2.24, 2.45) is 0 Å². The SMILES string of the molecule is O=C(CNC(=O)c1csc(COc2ccc(Cl)cc2)n1)Nc1ccc(Br)cc1. The van der Waals surface area contributed by atoms with E-state index in [-0.39, 0.29) is 24.8 Å². The van der Waals surface area contributed by atoms with Crippen LogP contribution in [0.25, 0.3) is 0 Å². The Morgan fingerprint density at radius 1 is 1.11 bits per heavy atom. The number of hydrogen-bond donors (Lipinski definition) is 2. The van der Waals surface area contributed by atoms with Gasteiger partial charge in [-0.2, -0.15) is 0 Å². The lowest BCUT2D eigenvalue weighted by molar-refractivity contribution is -0.115. The fourth-order valence-corrected chi connectivity index (χ4v) is 3.22. The Kier molecular flexibility index (Phi) is 7.02. The molecule has 2 N–H and O–H groups in total. The summed E-state index contributed by atoms with van der Waals surface area (Å²) in [4.78, 5) is 28.3. The van der Waals surface area contributed by atoms with Crippen LogP contribution in [-0.2, 0) is 11.4 Å². The number of nitrogens with one attached hydrogen (secondary N) is 2. The zero-order chi connectivity index (χ0) is 19.9. The van der Waals surface area contributed by atoms with Crippen molar-refractivity contribution in [2.75, 3.05) is 11.9 Å². The highest BCUT2D eigenvalue weighted by Crippen LogP contribution is 2.18. The van der Waals surface area contributed by atoms with Crippen molar-refractivity contribution in [3.63, 3.8) is 0 Å². The zero-order valence-corrected chi connectivity index (χ0v) is 17.6. The summed E-state index contributed by atoms with van der Waals surface area (Å²) in [6.07, 6.45) is 0. The van der Waals surface area contributed by atoms with E-state index in [9.17, 15) is 9.59 Å². The maximum atomic E-state index is 12.2. The molecule has 9 heteroatoms. The van der Waals surface area contributed by atoms with Crippen molar-refractivity contribution in [2.45, 2.75) is 6.61 Å². The van der Waals surface area contributed by atoms with Crippen molar-refractivity contribution in [1.82, 2.24) is 10.3 Å². The summed E-state index contributed by atoms with van der Waals surface area (Å²) in [7, 11) is 0. The molecule has 2 aromatic carbocycles. The number of carbonyl (C=O) groups is 2. The smallest absolute Gasteiger partial charge is 0.271 e. The predicted molar refractivity (Wildman–Crippen MR) is 113 cm³/mol. The Balaban J connectivity index is 1.46. The number of thiazole rings is 1. The monoisotopic (exact) mass is 479 g/mol. The molecule has 0 atom stereocenters. The second kappa shape index (κ2) is 9.68. The van der Waals surface area contributed by atoms with Gasteiger partial charge in [-0.05, 0) is 48.5 Å². The van der Waals surface area contributed by atoms with E-state index in [0.29, 0.717) is 21.5 Å². The van der Waals surface area contributed by atoms with Crippen LogP contribution in [0.1, 0.15) is 15.5 Å². The molecule has 0 fully saturated rings. The Bertz CT molecular complexity index is 961. The first-order chi connectivity index (χ1) is 13.5. The molecule has 2 amide bonds. The number of aromatic nitrogens is 1. The molecule has 0 aliphatic carbocycles. The van der Waals surface area contributed by atoms with E-state index in [2.05, 4.69) is 31.5 Å². The molecule has 0 spiro atoms. The molecule has 3 rings (SSSR count). The predicted octanol–water partition coefficient (Wildman–Crippen LogP) is 4.51. The average molecular weight is 481 g/mol. The lowest BCUT2D eigenvalue weighted by Gasteiger charge is -2.06. The average Bonchev–Trinajstić information content (AvgIpc) is 3.17. The van der Waals surface area contributed by atoms with E-state index in [4.69, 9.17) is 16.3 Å². The van der Waals surface area contributed by atoms with E-state index < -0.39 is 5.91 Å². The quantitative estimate of drug-likeness (QED) is 0.521. The third-order valence-electron chi connectivity index (χ3n) is 3.50. The molecule has 6 nitrogen and oxygen atoms in total. The number of ether oxygens (including phenoxy) is 1. The first-order valence-electron chi connectivity index (χ1n) is 8.16. The highest BCUT2D eigenvalue weighted by molar-refractivity contribution is 9.10. The van der Waals surface area contributed by atoms with Crippen LogP contribution in [0.5, 0.6) is 5.75 Å². The van der Waals surface area contributed by atoms with Gasteiger partial charge in [0, 0.05) is 20.6 Å². The van der Waals surface area contributed by atoms with Crippen LogP contribution >= 0.6 is 38.9 Å². The molecule has 0 aliphatic heterocycles. The van der Waals surface area contributed by atoms with Gasteiger partial charge in [0.2, 0.25) is 5.91 Å². The maximum absolute atomic E-state index is 12.2. The van der Waals surface area contributed by atoms with Crippen LogP contribution in [0, 0.1) is 0 Å². The van der Waals surface area contributed by atoms with Crippen LogP contribution in [0.2, 0.25) is 5.02 Å². The molecule has 0 saturated heterocycles. The Morgan fingerprint density at radius 3 is 2.54 bits per heavy atom. The summed E-state index contributed by atoms with van der Waals surface area (Å²) in [5.74, 6) is -0.0765. The third kappa shape index (κ3) is 6.05. The molecule has 28 heavy (non-hydrogen) atoms. The van der Waals surface area contributed by atoms with Crippen molar-refractivity contribution in [3.05, 3.63) is 74.1 Å². The van der Waals surface area contributed by atoms with Gasteiger partial charge in [-0.15, -0.1) is 11.3 Å². The molecule has 0 aliphatic rings. The van der Waals surface area contributed by atoms with E-state index in [0.717, 1.165) is 4.47 Å². The van der Waals surface area contributed by atoms with E-state index in [1.165, 1.54) is 11.3 Å². The molecule has 0 unspecified atom stereocenters. The molecular weight excluding hydrogens is 466 g/mol. The van der Waals surface area contributed by atoms with Gasteiger partial charge < -0.3 is 15.4 Å². The summed E-state index contributed by atoms with van der Waals surface area (Å²) >= 11 is 10.5. The minimum atomic E-state index is -0.417. The fourth-order valence-electron chi connectivity index (χ4n) is 2.15. The normalized spacial score (nSPS) is 10.4. The van der Waals surface area contributed by atoms with Gasteiger partial charge in [0.15, 0.2) is 0 Å². The van der Waals surface area contributed by atoms with E-state index >= 15 is 0 Å². The van der Waals surface area contributed by atoms with Gasteiger partial charge in [0.05, 0.1) is 6.54 Å². The summed E-state index contributed by atoms with van der Waals surface area (Å²) in [6, 6.07) is 14.1. The standard InChI is InChI=1S/C19H15BrClN3O3S/c20-12-1-5-14(6-2-12)23-17(25)9-22-19(26)16-11-28-18(24-16)10-27-15-7-3-13(21)4-8-15/h1-8,11H,9-10H2,(H,22,26)(H,23,25). The summed E-state index contributed by atoms with van der Waals surface area (Å²) in [6.45, 7) is 0.0899. The lowest BCUT2D eigenvalue weighted by Crippen LogP contribution is -2.33. The molecule has 0 bridgehead atoms. The Labute approximate surface area is 179 Å². The largest absolute Gasteiger partial charge is 0.486 e. The van der Waals surface area contributed by atoms with Crippen LogP contribution in [0.3, 0.4) is 0 Å². The van der Waals surface area contributed by atoms with E-state index in [1.807, 2.05) is 12.1 Å². The zero-order valence-electron chi connectivity index (χ0n) is 14.4. The van der Waals surface area contributed by atoms with Crippen molar-refractivity contribution in [1.29, 1.82) is 0 Å². The van der Waals surface area contributed by atoms with Crippen LogP contribution < -0.4 is 15.4 Å². The number of anilines is 1. The molecule has 3 aromatic rings. The molecule has 144 valence electrons. The minimum absolute atomic E-state index is 0.150. The number of hydrogen-bond acceptors (Lipinski definition) is 5. The first kappa shape index (κ1) is 20.3. The fraction of sp³-hybridized carbons (Fsp3) is 0.105. The van der Waals surface area contributed by atoms with Crippen molar-refractivity contribution < 1.29 is 14.3 Å². The Morgan fingerprint density at radius 2 is 1.82 bits per heavy atom. The Hall–Kier alpha value is -2.42. The molecule has 0 saturated carbocycles. The summed E-state index contributed by atoms with van der Waals surface area (Å²) in [5.41, 5.74) is 0.897. The minimum Gasteiger partial charge on any atom is -0.486 e. The topological polar surface area (TPSA) is 80.3 Å². The first-order valence-corrected chi connectivity index (χ1v) is 10.2. The molecule has 0 radical (unpaired) electrons. The van der Waals surface area contributed by atoms with Gasteiger partial charge in [-0.3, -0.25) is 9.59 Å². The number of nitrogens with zero attached hydrogens (tertiary/aromatic N) is 1. The van der Waals surface area contributed by atoms with Crippen LogP contribution in [0.15, 0.2) is 58.4 Å². The van der Waals surface area contributed by atoms with Crippen molar-refractivity contribution >= 4 is 56.4 Å². The summed E-state index contributed by atoms with van der Waals surface area (Å²) in [5, 5.41) is 8.16. The van der Waals surface area contributed by atoms with Crippen LogP contribution in [0.4, 0.5) is 5.69 Å². The second-order valence-electron chi connectivity index (χ2n) is 5.61. The number of rotatable bonds is 7. The third-order valence-corrected chi connectivity index (χ3v) is 5.10. The number of carbonyl (C=O) groups excluding carboxylic acids is 2. The highest BCUT2D eigenvalue weighted by Gasteiger charge is 2.12. The highest BCUT2D eigenvalue weighted by atomic mass is 79.9. The second-order valence-corrected chi connectivity index (χ2v) is 7.90. The number of benzene rings is 2. The van der Waals surface area contributed by atoms with Crippen LogP contribution in [-0.4, -0.2) is 23.3 Å². The van der Waals surface area contributed by atoms with Gasteiger partial charge in [0.1, 0.15) is 23.1 Å². The lowest BCUT2D eigenvalue weighted by atomic mass is 10.3. The van der Waals surface area contributed by atoms with Gasteiger partial charge in [-0.25, -0.2) is 4.98 Å². The molecular formula is C19H15BrClN3O3S. The van der Waals surface area contributed by atoms with E-state index in [1.54, 1.807) is 41.8 Å². The molecule has 1 aromatic heterocycles. The number of amides is 2. The van der Waals surface area contributed by atoms with Gasteiger partial charge in [0.25, 0.3) is 5.91 Å². The maximum Gasteiger partial charge on any atom is 0.271 e. The van der Waals surface area contributed by atoms with Gasteiger partial charge in [-0.1, -0.05) is 27.5 Å². The summed E-state index contributed by atoms with van der Waals surface area (Å²) < 4.78 is 6.52.